The van der Waals surface area contributed by atoms with Crippen LogP contribution in [0.5, 0.6) is 0 Å². The zero-order valence-electron chi connectivity index (χ0n) is 10.0. The van der Waals surface area contributed by atoms with E-state index in [1.54, 1.807) is 0 Å². The number of nitrogens with one attached hydrogen (secondary N) is 1. The van der Waals surface area contributed by atoms with Crippen molar-refractivity contribution in [2.45, 2.75) is 37.5 Å². The van der Waals surface area contributed by atoms with Crippen LogP contribution in [0.25, 0.3) is 0 Å². The zero-order valence-corrected chi connectivity index (χ0v) is 10.0. The maximum atomic E-state index is 13.0. The van der Waals surface area contributed by atoms with Crippen LogP contribution in [0.3, 0.4) is 0 Å². The molecule has 2 saturated heterocycles. The first-order valence-electron chi connectivity index (χ1n) is 6.24. The minimum absolute atomic E-state index is 0.0210. The number of rotatable bonds is 1. The molecule has 104 valence electrons. The minimum Gasteiger partial charge on any atom is -0.336 e. The number of nitrogens with zero attached hydrogens (tertiary/aromatic N) is 1. The van der Waals surface area contributed by atoms with Gasteiger partial charge >= 0.3 is 6.18 Å². The second-order valence-corrected chi connectivity index (χ2v) is 4.99. The highest BCUT2D eigenvalue weighted by atomic mass is 19.4. The summed E-state index contributed by atoms with van der Waals surface area (Å²) in [5.74, 6) is -1.78. The van der Waals surface area contributed by atoms with E-state index in [-0.39, 0.29) is 18.9 Å². The van der Waals surface area contributed by atoms with Gasteiger partial charge in [-0.3, -0.25) is 4.79 Å². The van der Waals surface area contributed by atoms with Crippen LogP contribution in [-0.4, -0.2) is 48.7 Å². The highest BCUT2D eigenvalue weighted by Crippen LogP contribution is 2.35. The van der Waals surface area contributed by atoms with Crippen molar-refractivity contribution in [2.75, 3.05) is 19.6 Å². The predicted octanol–water partition coefficient (Wildman–Crippen LogP) is 0.476. The van der Waals surface area contributed by atoms with Crippen LogP contribution in [0.15, 0.2) is 0 Å². The normalized spacial score (nSPS) is 34.8. The fourth-order valence-electron chi connectivity index (χ4n) is 2.81. The van der Waals surface area contributed by atoms with Crippen LogP contribution in [0.2, 0.25) is 0 Å². The number of carbonyl (C=O) groups is 1. The lowest BCUT2D eigenvalue weighted by Crippen LogP contribution is -2.61. The van der Waals surface area contributed by atoms with Crippen molar-refractivity contribution in [1.82, 2.24) is 10.2 Å². The first kappa shape index (κ1) is 13.6. The molecule has 2 fully saturated rings. The van der Waals surface area contributed by atoms with Gasteiger partial charge in [-0.2, -0.15) is 13.2 Å². The molecule has 0 aromatic rings. The molecule has 0 spiro atoms. The molecule has 2 aliphatic heterocycles. The smallest absolute Gasteiger partial charge is 0.336 e. The summed E-state index contributed by atoms with van der Waals surface area (Å²) < 4.78 is 38.9. The van der Waals surface area contributed by atoms with E-state index in [0.717, 1.165) is 0 Å². The molecule has 3 unspecified atom stereocenters. The number of hydrogen-bond donors (Lipinski definition) is 2. The third-order valence-corrected chi connectivity index (χ3v) is 3.79. The Hall–Kier alpha value is -0.820. The average Bonchev–Trinajstić information content (AvgIpc) is 2.32. The second-order valence-electron chi connectivity index (χ2n) is 4.99. The van der Waals surface area contributed by atoms with E-state index in [1.807, 2.05) is 0 Å². The van der Waals surface area contributed by atoms with Crippen LogP contribution >= 0.6 is 0 Å². The number of nitrogens with two attached hydrogens (primary N) is 1. The zero-order chi connectivity index (χ0) is 13.3. The predicted molar refractivity (Wildman–Crippen MR) is 59.7 cm³/mol. The molecule has 2 rings (SSSR count). The molecule has 0 bridgehead atoms. The Morgan fingerprint density at radius 2 is 2.06 bits per heavy atom. The van der Waals surface area contributed by atoms with E-state index in [0.29, 0.717) is 25.9 Å². The monoisotopic (exact) mass is 265 g/mol. The highest BCUT2D eigenvalue weighted by Gasteiger charge is 2.49. The highest BCUT2D eigenvalue weighted by molar-refractivity contribution is 5.82. The minimum atomic E-state index is -4.26. The Balaban J connectivity index is 2.15. The molecule has 2 aliphatic rings. The van der Waals surface area contributed by atoms with Crippen LogP contribution in [0, 0.1) is 5.92 Å². The van der Waals surface area contributed by atoms with Gasteiger partial charge in [-0.1, -0.05) is 0 Å². The topological polar surface area (TPSA) is 58.4 Å². The Morgan fingerprint density at radius 1 is 1.33 bits per heavy atom. The lowest BCUT2D eigenvalue weighted by Gasteiger charge is -2.43. The van der Waals surface area contributed by atoms with Gasteiger partial charge in [-0.15, -0.1) is 0 Å². The molecule has 0 radical (unpaired) electrons. The van der Waals surface area contributed by atoms with Crippen molar-refractivity contribution < 1.29 is 18.0 Å². The fraction of sp³-hybridized carbons (Fsp3) is 0.909. The van der Waals surface area contributed by atoms with Gasteiger partial charge in [0, 0.05) is 13.1 Å². The van der Waals surface area contributed by atoms with Crippen molar-refractivity contribution >= 4 is 5.91 Å². The van der Waals surface area contributed by atoms with Crippen LogP contribution < -0.4 is 11.1 Å². The van der Waals surface area contributed by atoms with Crippen LogP contribution in [0.4, 0.5) is 13.2 Å². The Bertz CT molecular complexity index is 321. The molecule has 7 heteroatoms. The quantitative estimate of drug-likeness (QED) is 0.725. The average molecular weight is 265 g/mol. The number of piperidine rings is 2. The maximum Gasteiger partial charge on any atom is 0.393 e. The number of likely N-dealkylation sites (tertiary alicyclic amines) is 1. The Kier molecular flexibility index (Phi) is 3.82. The summed E-state index contributed by atoms with van der Waals surface area (Å²) >= 11 is 0. The molecule has 2 heterocycles. The number of carbonyl (C=O) groups excluding carboxylic acids is 1. The van der Waals surface area contributed by atoms with Gasteiger partial charge in [0.2, 0.25) is 5.91 Å². The third-order valence-electron chi connectivity index (χ3n) is 3.79. The summed E-state index contributed by atoms with van der Waals surface area (Å²) in [4.78, 5) is 13.2. The van der Waals surface area contributed by atoms with E-state index in [1.165, 1.54) is 4.90 Å². The van der Waals surface area contributed by atoms with Crippen LogP contribution in [-0.2, 0) is 4.79 Å². The van der Waals surface area contributed by atoms with E-state index in [4.69, 9.17) is 5.73 Å². The molecular weight excluding hydrogens is 247 g/mol. The van der Waals surface area contributed by atoms with Crippen LogP contribution in [0.1, 0.15) is 19.3 Å². The Morgan fingerprint density at radius 3 is 2.72 bits per heavy atom. The number of hydrogen-bond acceptors (Lipinski definition) is 3. The third kappa shape index (κ3) is 2.61. The van der Waals surface area contributed by atoms with Gasteiger partial charge < -0.3 is 16.0 Å². The lowest BCUT2D eigenvalue weighted by atomic mass is 9.89. The standard InChI is InChI=1S/C11H18F3N3O/c12-11(13,14)7-3-4-16-6-9(7)17-5-1-2-8(15)10(17)18/h7-9,16H,1-6,15H2. The van der Waals surface area contributed by atoms with Crippen molar-refractivity contribution in [3.05, 3.63) is 0 Å². The van der Waals surface area contributed by atoms with Gasteiger partial charge in [0.15, 0.2) is 0 Å². The molecule has 18 heavy (non-hydrogen) atoms. The number of amides is 1. The van der Waals surface area contributed by atoms with Crippen molar-refractivity contribution in [1.29, 1.82) is 0 Å². The molecule has 0 aromatic carbocycles. The van der Waals surface area contributed by atoms with Gasteiger partial charge in [-0.25, -0.2) is 0 Å². The molecule has 1 amide bonds. The van der Waals surface area contributed by atoms with Gasteiger partial charge in [0.05, 0.1) is 18.0 Å². The SMILES string of the molecule is NC1CCCN(C2CNCCC2C(F)(F)F)C1=O. The fourth-order valence-corrected chi connectivity index (χ4v) is 2.81. The van der Waals surface area contributed by atoms with E-state index >= 15 is 0 Å². The van der Waals surface area contributed by atoms with E-state index < -0.39 is 24.2 Å². The van der Waals surface area contributed by atoms with E-state index in [2.05, 4.69) is 5.32 Å². The summed E-state index contributed by atoms with van der Waals surface area (Å²) in [5.41, 5.74) is 5.64. The van der Waals surface area contributed by atoms with E-state index in [9.17, 15) is 18.0 Å². The number of alkyl halides is 3. The molecule has 3 N–H and O–H groups in total. The largest absolute Gasteiger partial charge is 0.393 e. The summed E-state index contributed by atoms with van der Waals surface area (Å²) in [5, 5.41) is 2.93. The molecule has 4 nitrogen and oxygen atoms in total. The second kappa shape index (κ2) is 5.05. The first-order valence-corrected chi connectivity index (χ1v) is 6.24. The summed E-state index contributed by atoms with van der Waals surface area (Å²) in [6.07, 6.45) is -3.00. The summed E-state index contributed by atoms with van der Waals surface area (Å²) in [7, 11) is 0. The van der Waals surface area contributed by atoms with Crippen molar-refractivity contribution in [3.63, 3.8) is 0 Å². The molecule has 3 atom stereocenters. The summed E-state index contributed by atoms with van der Waals surface area (Å²) in [6, 6.07) is -1.45. The molecule has 0 aliphatic carbocycles. The maximum absolute atomic E-state index is 13.0. The van der Waals surface area contributed by atoms with Gasteiger partial charge in [0.1, 0.15) is 0 Å². The first-order chi connectivity index (χ1) is 8.41. The molecule has 0 aromatic heterocycles. The summed E-state index contributed by atoms with van der Waals surface area (Å²) in [6.45, 7) is 0.920. The van der Waals surface area contributed by atoms with Crippen molar-refractivity contribution in [2.24, 2.45) is 11.7 Å². The van der Waals surface area contributed by atoms with Crippen molar-refractivity contribution in [3.8, 4) is 0 Å². The lowest BCUT2D eigenvalue weighted by molar-refractivity contribution is -0.199. The molecular formula is C11H18F3N3O. The Labute approximate surface area is 104 Å². The number of halogens is 3. The van der Waals surface area contributed by atoms with Gasteiger partial charge in [0.25, 0.3) is 0 Å². The molecule has 0 saturated carbocycles. The van der Waals surface area contributed by atoms with Gasteiger partial charge in [-0.05, 0) is 25.8 Å².